The van der Waals surface area contributed by atoms with E-state index in [9.17, 15) is 46.0 Å². The largest absolute Gasteiger partial charge is 0.571 e. The van der Waals surface area contributed by atoms with Gasteiger partial charge in [-0.25, -0.2) is 0 Å². The number of ether oxygens (including phenoxy) is 6. The van der Waals surface area contributed by atoms with Gasteiger partial charge in [-0.3, -0.25) is 0 Å². The molecule has 2 saturated heterocycles. The minimum atomic E-state index is -1.76. The van der Waals surface area contributed by atoms with E-state index in [4.69, 9.17) is 23.7 Å². The predicted octanol–water partition coefficient (Wildman–Crippen LogP) is -1.57. The molecule has 0 spiro atoms. The van der Waals surface area contributed by atoms with Crippen LogP contribution in [-0.2, 0) is 18.9 Å². The zero-order chi connectivity index (χ0) is 30.3. The molecule has 10 atom stereocenters. The number of aliphatic hydroxyl groups is 7. The van der Waals surface area contributed by atoms with E-state index in [1.807, 2.05) is 0 Å². The van der Waals surface area contributed by atoms with Gasteiger partial charge in [0.25, 0.3) is 11.9 Å². The van der Waals surface area contributed by atoms with Crippen LogP contribution in [-0.4, -0.2) is 126 Å². The first kappa shape index (κ1) is 30.1. The Balaban J connectivity index is 1.52. The van der Waals surface area contributed by atoms with E-state index >= 15 is 0 Å². The van der Waals surface area contributed by atoms with E-state index in [1.165, 1.54) is 37.5 Å². The van der Waals surface area contributed by atoms with Crippen LogP contribution in [0.3, 0.4) is 0 Å². The number of benzene rings is 2. The van der Waals surface area contributed by atoms with Crippen LogP contribution in [0.25, 0.3) is 6.08 Å². The lowest BCUT2D eigenvalue weighted by atomic mass is 9.98. The Bertz CT molecular complexity index is 1300. The molecule has 230 valence electrons. The normalized spacial score (nSPS) is 34.6. The van der Waals surface area contributed by atoms with Crippen LogP contribution in [0.2, 0.25) is 0 Å². The molecule has 0 amide bonds. The zero-order valence-electron chi connectivity index (χ0n) is 22.2. The quantitative estimate of drug-likeness (QED) is 0.164. The summed E-state index contributed by atoms with van der Waals surface area (Å²) in [4.78, 5) is 0. The maximum absolute atomic E-state index is 10.9. The summed E-state index contributed by atoms with van der Waals surface area (Å²) in [5.41, 5.74) is 0.598. The first-order chi connectivity index (χ1) is 20.0. The molecule has 1 unspecified atom stereocenters. The summed E-state index contributed by atoms with van der Waals surface area (Å²) in [7, 11) is 1.35. The van der Waals surface area contributed by atoms with Crippen LogP contribution in [0.5, 0.6) is 28.7 Å². The van der Waals surface area contributed by atoms with Crippen LogP contribution in [0, 0.1) is 0 Å². The molecule has 2 fully saturated rings. The number of phenolic OH excluding ortho intramolecular Hbond substituents is 3. The third-order valence-corrected chi connectivity index (χ3v) is 7.29. The molecule has 15 nitrogen and oxygen atoms in total. The van der Waals surface area contributed by atoms with Crippen molar-refractivity contribution >= 4 is 6.08 Å². The molecule has 15 heteroatoms. The summed E-state index contributed by atoms with van der Waals surface area (Å²) in [5, 5.41) is 92.1. The molecule has 5 rings (SSSR count). The molecule has 3 heterocycles. The van der Waals surface area contributed by atoms with E-state index < -0.39 is 74.6 Å². The summed E-state index contributed by atoms with van der Waals surface area (Å²) in [6, 6.07) is 6.79. The molecule has 2 aromatic rings. The second kappa shape index (κ2) is 12.1. The highest BCUT2D eigenvalue weighted by atomic mass is 16.8. The average Bonchev–Trinajstić information content (AvgIpc) is 2.97. The molecule has 42 heavy (non-hydrogen) atoms. The van der Waals surface area contributed by atoms with Crippen molar-refractivity contribution in [2.45, 2.75) is 61.4 Å². The fourth-order valence-electron chi connectivity index (χ4n) is 4.97. The number of hydrogen-bond acceptors (Lipinski definition) is 14. The highest BCUT2D eigenvalue weighted by Crippen LogP contribution is 2.46. The first-order valence-corrected chi connectivity index (χ1v) is 13.0. The third-order valence-electron chi connectivity index (χ3n) is 7.29. The Morgan fingerprint density at radius 2 is 1.67 bits per heavy atom. The first-order valence-electron chi connectivity index (χ1n) is 13.0. The van der Waals surface area contributed by atoms with Crippen molar-refractivity contribution in [3.05, 3.63) is 47.2 Å². The summed E-state index contributed by atoms with van der Waals surface area (Å²) < 4.78 is 32.7. The van der Waals surface area contributed by atoms with E-state index in [0.717, 1.165) is 6.07 Å². The van der Waals surface area contributed by atoms with Gasteiger partial charge in [-0.2, -0.15) is 0 Å². The molecule has 2 aromatic carbocycles. The monoisotopic (exact) mass is 597 g/mol. The van der Waals surface area contributed by atoms with Crippen LogP contribution in [0.4, 0.5) is 0 Å². The number of rotatable bonds is 7. The van der Waals surface area contributed by atoms with Crippen molar-refractivity contribution in [2.75, 3.05) is 20.3 Å². The average molecular weight is 598 g/mol. The van der Waals surface area contributed by atoms with Crippen molar-refractivity contribution in [3.63, 3.8) is 0 Å². The molecule has 3 aliphatic rings. The summed E-state index contributed by atoms with van der Waals surface area (Å²) in [6.45, 7) is -1.12. The molecule has 3 aliphatic heterocycles. The second-order valence-corrected chi connectivity index (χ2v) is 10.1. The predicted molar refractivity (Wildman–Crippen MR) is 138 cm³/mol. The Hall–Kier alpha value is -3.38. The topological polar surface area (TPSA) is 241 Å². The number of fused-ring (bicyclic) bond motifs is 1. The lowest BCUT2D eigenvalue weighted by molar-refractivity contribution is -0.353. The molecule has 0 aliphatic carbocycles. The lowest BCUT2D eigenvalue weighted by Crippen LogP contribution is -2.63. The van der Waals surface area contributed by atoms with Gasteiger partial charge < -0.3 is 74.4 Å². The molecule has 0 saturated carbocycles. The zero-order valence-corrected chi connectivity index (χ0v) is 22.2. The highest BCUT2D eigenvalue weighted by Gasteiger charge is 2.51. The minimum absolute atomic E-state index is 0.00989. The lowest BCUT2D eigenvalue weighted by Gasteiger charge is -2.45. The molecule has 10 N–H and O–H groups in total. The molecular formula is C27H33O15+. The number of aliphatic hydroxyl groups excluding tert-OH is 6. The molecule has 0 radical (unpaired) electrons. The minimum Gasteiger partial charge on any atom is -0.571 e. The summed E-state index contributed by atoms with van der Waals surface area (Å²) >= 11 is 0. The maximum Gasteiger partial charge on any atom is 0.270 e. The van der Waals surface area contributed by atoms with Gasteiger partial charge in [0.05, 0.1) is 32.0 Å². The Labute approximate surface area is 238 Å². The summed E-state index contributed by atoms with van der Waals surface area (Å²) in [5.74, 6) is -0.404. The number of aromatic hydroxyl groups is 4. The van der Waals surface area contributed by atoms with Crippen LogP contribution in [0.15, 0.2) is 36.1 Å². The van der Waals surface area contributed by atoms with E-state index in [1.54, 1.807) is 0 Å². The van der Waals surface area contributed by atoms with Gasteiger partial charge in [0, 0.05) is 12.1 Å². The second-order valence-electron chi connectivity index (χ2n) is 10.1. The van der Waals surface area contributed by atoms with Crippen LogP contribution < -0.4 is 4.74 Å². The van der Waals surface area contributed by atoms with E-state index in [2.05, 4.69) is 4.74 Å². The maximum atomic E-state index is 10.9. The molecule has 0 aromatic heterocycles. The van der Waals surface area contributed by atoms with Gasteiger partial charge in [-0.1, -0.05) is 0 Å². The molecule has 0 bridgehead atoms. The van der Waals surface area contributed by atoms with Gasteiger partial charge in [0.15, 0.2) is 29.7 Å². The number of hydrogen-bond donors (Lipinski definition) is 9. The fraction of sp³-hybridized carbons (Fsp3) is 0.481. The number of methoxy groups -OCH3 is 1. The van der Waals surface area contributed by atoms with Gasteiger partial charge in [0.2, 0.25) is 6.29 Å². The molecular weight excluding hydrogens is 564 g/mol. The van der Waals surface area contributed by atoms with Crippen molar-refractivity contribution < 1.29 is 74.4 Å². The SMILES string of the molecule is COc1cc(C2[OH+]c3cc(O)cc(O)c3C=C2O[C@@H]2O[C@H](CO)[C@@H](O)[C@H](O)[C@@H]2O[C@H]2OC[C@H](O)[C@H](O)[C@H]2O)ccc1O. The number of phenols is 3. The fourth-order valence-corrected chi connectivity index (χ4v) is 4.97. The van der Waals surface area contributed by atoms with Crippen molar-refractivity contribution in [1.29, 1.82) is 0 Å². The third kappa shape index (κ3) is 5.66. The van der Waals surface area contributed by atoms with Crippen molar-refractivity contribution in [3.8, 4) is 28.7 Å². The van der Waals surface area contributed by atoms with Gasteiger partial charge in [-0.15, -0.1) is 0 Å². The van der Waals surface area contributed by atoms with E-state index in [-0.39, 0.29) is 40.1 Å². The van der Waals surface area contributed by atoms with Crippen molar-refractivity contribution in [1.82, 2.24) is 0 Å². The van der Waals surface area contributed by atoms with Gasteiger partial charge >= 0.3 is 0 Å². The van der Waals surface area contributed by atoms with Gasteiger partial charge in [-0.05, 0) is 18.2 Å². The van der Waals surface area contributed by atoms with Crippen LogP contribution in [0.1, 0.15) is 17.2 Å². The highest BCUT2D eigenvalue weighted by molar-refractivity contribution is 5.69. The Morgan fingerprint density at radius 1 is 0.905 bits per heavy atom. The smallest absolute Gasteiger partial charge is 0.270 e. The van der Waals surface area contributed by atoms with E-state index in [0.29, 0.717) is 5.56 Å². The summed E-state index contributed by atoms with van der Waals surface area (Å²) in [6.07, 6.45) is -13.9. The Kier molecular flexibility index (Phi) is 8.66. The van der Waals surface area contributed by atoms with Crippen LogP contribution >= 0.6 is 0 Å². The Morgan fingerprint density at radius 3 is 2.38 bits per heavy atom. The standard InChI is InChI=1S/C27H32O15/c1-37-17-4-10(2-3-13(17)30)24-18(7-12-14(31)5-11(29)6-16(12)39-24)40-27-25(22(35)21(34)19(8-28)41-27)42-26-23(36)20(33)15(32)9-38-26/h2-7,15,19-36H,8-9H2,1H3/p+1/t15-,19+,20-,21+,22-,23+,24?,25-,26+,27+/m0/s1. The van der Waals surface area contributed by atoms with Gasteiger partial charge in [0.1, 0.15) is 53.7 Å². The van der Waals surface area contributed by atoms with Crippen molar-refractivity contribution in [2.24, 2.45) is 0 Å².